The summed E-state index contributed by atoms with van der Waals surface area (Å²) in [6.07, 6.45) is 0. The van der Waals surface area contributed by atoms with Crippen LogP contribution in [0, 0.1) is 0 Å². The van der Waals surface area contributed by atoms with Gasteiger partial charge in [-0.25, -0.2) is 15.0 Å². The molecule has 3 heterocycles. The fraction of sp³-hybridized carbons (Fsp3) is 0. The van der Waals surface area contributed by atoms with E-state index in [1.165, 1.54) is 20.9 Å². The van der Waals surface area contributed by atoms with Crippen molar-refractivity contribution in [2.75, 3.05) is 0 Å². The third kappa shape index (κ3) is 4.50. The number of nitrogens with zero attached hydrogens (tertiary/aromatic N) is 3. The molecule has 3 aromatic heterocycles. The minimum absolute atomic E-state index is 0.604. The largest absolute Gasteiger partial charge is 0.455 e. The van der Waals surface area contributed by atoms with E-state index in [-0.39, 0.29) is 0 Å². The maximum Gasteiger partial charge on any atom is 0.165 e. The summed E-state index contributed by atoms with van der Waals surface area (Å²) in [6.45, 7) is 0. The Balaban J connectivity index is 1.26. The third-order valence-electron chi connectivity index (χ3n) is 10.1. The molecule has 0 aliphatic rings. The molecule has 0 fully saturated rings. The first-order chi connectivity index (χ1) is 25.8. The number of rotatable bonds is 4. The van der Waals surface area contributed by atoms with Crippen molar-refractivity contribution in [3.05, 3.63) is 164 Å². The lowest BCUT2D eigenvalue weighted by atomic mass is 9.93. The normalized spacial score (nSPS) is 11.8. The van der Waals surface area contributed by atoms with Crippen molar-refractivity contribution in [1.82, 2.24) is 15.0 Å². The van der Waals surface area contributed by atoms with E-state index in [9.17, 15) is 0 Å². The van der Waals surface area contributed by atoms with Gasteiger partial charge in [0.15, 0.2) is 17.5 Å². The molecule has 242 valence electrons. The molecule has 11 rings (SSSR count). The summed E-state index contributed by atoms with van der Waals surface area (Å²) in [5, 5.41) is 8.90. The molecule has 0 bridgehead atoms. The summed E-state index contributed by atoms with van der Waals surface area (Å²) in [5.41, 5.74) is 6.75. The van der Waals surface area contributed by atoms with Gasteiger partial charge in [0, 0.05) is 53.0 Å². The van der Waals surface area contributed by atoms with Gasteiger partial charge in [-0.2, -0.15) is 0 Å². The van der Waals surface area contributed by atoms with Crippen LogP contribution in [0.15, 0.2) is 168 Å². The molecule has 0 spiro atoms. The Labute approximate surface area is 302 Å². The number of para-hydroxylation sites is 1. The predicted molar refractivity (Wildman–Crippen MR) is 217 cm³/mol. The van der Waals surface area contributed by atoms with E-state index < -0.39 is 0 Å². The molecule has 0 saturated heterocycles. The fourth-order valence-corrected chi connectivity index (χ4v) is 8.89. The lowest BCUT2D eigenvalue weighted by molar-refractivity contribution is 0.672. The van der Waals surface area contributed by atoms with Crippen molar-refractivity contribution in [3.8, 4) is 45.3 Å². The zero-order valence-corrected chi connectivity index (χ0v) is 28.6. The van der Waals surface area contributed by atoms with Crippen LogP contribution in [-0.2, 0) is 0 Å². The molecule has 0 saturated carbocycles. The van der Waals surface area contributed by atoms with E-state index in [0.717, 1.165) is 70.6 Å². The van der Waals surface area contributed by atoms with Gasteiger partial charge >= 0.3 is 0 Å². The van der Waals surface area contributed by atoms with Crippen LogP contribution >= 0.6 is 11.3 Å². The van der Waals surface area contributed by atoms with Gasteiger partial charge in [0.05, 0.1) is 0 Å². The maximum atomic E-state index is 6.72. The minimum atomic E-state index is 0.604. The van der Waals surface area contributed by atoms with Gasteiger partial charge in [-0.05, 0) is 57.6 Å². The molecule has 0 aliphatic carbocycles. The molecule has 0 radical (unpaired) electrons. The number of fused-ring (bicyclic) bond motifs is 9. The molecule has 0 aliphatic heterocycles. The van der Waals surface area contributed by atoms with Crippen LogP contribution in [0.2, 0.25) is 0 Å². The molecule has 0 atom stereocenters. The average molecular weight is 682 g/mol. The van der Waals surface area contributed by atoms with Gasteiger partial charge in [-0.3, -0.25) is 0 Å². The summed E-state index contributed by atoms with van der Waals surface area (Å²) in [6, 6.07) is 57.3. The molecular formula is C47H27N3OS. The van der Waals surface area contributed by atoms with Gasteiger partial charge in [0.1, 0.15) is 11.2 Å². The second-order valence-electron chi connectivity index (χ2n) is 13.1. The van der Waals surface area contributed by atoms with Crippen molar-refractivity contribution in [2.45, 2.75) is 0 Å². The maximum absolute atomic E-state index is 6.72. The van der Waals surface area contributed by atoms with Crippen LogP contribution in [0.1, 0.15) is 0 Å². The highest BCUT2D eigenvalue weighted by atomic mass is 32.1. The second-order valence-corrected chi connectivity index (χ2v) is 14.2. The van der Waals surface area contributed by atoms with Crippen molar-refractivity contribution in [2.24, 2.45) is 0 Å². The molecule has 11 aromatic rings. The van der Waals surface area contributed by atoms with Gasteiger partial charge in [-0.15, -0.1) is 11.3 Å². The van der Waals surface area contributed by atoms with Crippen LogP contribution in [0.4, 0.5) is 0 Å². The molecule has 0 amide bonds. The summed E-state index contributed by atoms with van der Waals surface area (Å²) < 4.78 is 9.12. The third-order valence-corrected chi connectivity index (χ3v) is 11.3. The topological polar surface area (TPSA) is 51.8 Å². The zero-order chi connectivity index (χ0) is 34.2. The van der Waals surface area contributed by atoms with Crippen LogP contribution in [0.25, 0.3) is 109 Å². The first kappa shape index (κ1) is 29.1. The van der Waals surface area contributed by atoms with Crippen LogP contribution in [0.3, 0.4) is 0 Å². The van der Waals surface area contributed by atoms with E-state index in [1.54, 1.807) is 11.3 Å². The van der Waals surface area contributed by atoms with Crippen molar-refractivity contribution >= 4 is 75.0 Å². The number of hydrogen-bond acceptors (Lipinski definition) is 5. The number of benzene rings is 8. The Morgan fingerprint density at radius 2 is 1.08 bits per heavy atom. The van der Waals surface area contributed by atoms with Crippen molar-refractivity contribution in [3.63, 3.8) is 0 Å². The van der Waals surface area contributed by atoms with E-state index in [4.69, 9.17) is 19.4 Å². The molecule has 52 heavy (non-hydrogen) atoms. The van der Waals surface area contributed by atoms with Crippen LogP contribution < -0.4 is 0 Å². The number of thiophene rings is 1. The molecule has 8 aromatic carbocycles. The monoisotopic (exact) mass is 681 g/mol. The van der Waals surface area contributed by atoms with Gasteiger partial charge in [0.2, 0.25) is 0 Å². The van der Waals surface area contributed by atoms with Crippen LogP contribution in [-0.4, -0.2) is 15.0 Å². The van der Waals surface area contributed by atoms with Gasteiger partial charge < -0.3 is 4.42 Å². The second kappa shape index (κ2) is 11.4. The van der Waals surface area contributed by atoms with Crippen molar-refractivity contribution < 1.29 is 4.42 Å². The molecule has 5 heteroatoms. The zero-order valence-electron chi connectivity index (χ0n) is 27.7. The lowest BCUT2D eigenvalue weighted by Crippen LogP contribution is -2.01. The van der Waals surface area contributed by atoms with E-state index in [0.29, 0.717) is 17.5 Å². The van der Waals surface area contributed by atoms with Crippen molar-refractivity contribution in [1.29, 1.82) is 0 Å². The lowest BCUT2D eigenvalue weighted by Gasteiger charge is -2.13. The molecular weight excluding hydrogens is 655 g/mol. The summed E-state index contributed by atoms with van der Waals surface area (Å²) in [4.78, 5) is 15.9. The average Bonchev–Trinajstić information content (AvgIpc) is 3.80. The Morgan fingerprint density at radius 3 is 1.96 bits per heavy atom. The Bertz CT molecular complexity index is 3200. The van der Waals surface area contributed by atoms with Gasteiger partial charge in [0.25, 0.3) is 0 Å². The summed E-state index contributed by atoms with van der Waals surface area (Å²) >= 11 is 1.78. The standard InChI is InChI=1S/C47H27N3OS/c1-2-13-29(14-3-1)32-18-10-19-34-38(32)27-39(42-36-17-6-8-22-40(36)51-43(34)42)47-49-45(31-25-24-28-12-4-5-15-30(28)26-31)48-46(50-47)37-21-11-20-35-33-16-7-9-23-41(33)52-44(35)37/h1-27H. The first-order valence-corrected chi connectivity index (χ1v) is 18.2. The highest BCUT2D eigenvalue weighted by Gasteiger charge is 2.22. The molecule has 0 N–H and O–H groups in total. The predicted octanol–water partition coefficient (Wildman–Crippen LogP) is 13.1. The highest BCUT2D eigenvalue weighted by Crippen LogP contribution is 2.44. The summed E-state index contributed by atoms with van der Waals surface area (Å²) in [5.74, 6) is 1.87. The number of furan rings is 1. The Hall–Kier alpha value is -6.69. The smallest absolute Gasteiger partial charge is 0.165 e. The number of hydrogen-bond donors (Lipinski definition) is 0. The van der Waals surface area contributed by atoms with Gasteiger partial charge in [-0.1, -0.05) is 133 Å². The SMILES string of the molecule is c1ccc(-c2cccc3c2cc(-c2nc(-c4ccc5ccccc5c4)nc(-c4cccc5c4sc4ccccc45)n2)c2c4ccccc4oc32)cc1. The fourth-order valence-electron chi connectivity index (χ4n) is 7.68. The quantitative estimate of drug-likeness (QED) is 0.185. The minimum Gasteiger partial charge on any atom is -0.455 e. The first-order valence-electron chi connectivity index (χ1n) is 17.4. The highest BCUT2D eigenvalue weighted by molar-refractivity contribution is 7.26. The molecule has 4 nitrogen and oxygen atoms in total. The van der Waals surface area contributed by atoms with E-state index in [1.807, 2.05) is 12.1 Å². The Morgan fingerprint density at radius 1 is 0.404 bits per heavy atom. The Kier molecular flexibility index (Phi) is 6.39. The molecule has 0 unspecified atom stereocenters. The van der Waals surface area contributed by atoms with E-state index >= 15 is 0 Å². The van der Waals surface area contributed by atoms with Crippen LogP contribution in [0.5, 0.6) is 0 Å². The van der Waals surface area contributed by atoms with E-state index in [2.05, 4.69) is 152 Å². The summed E-state index contributed by atoms with van der Waals surface area (Å²) in [7, 11) is 0. The number of aromatic nitrogens is 3.